The second kappa shape index (κ2) is 4.65. The number of rotatable bonds is 2. The van der Waals surface area contributed by atoms with Gasteiger partial charge in [0.1, 0.15) is 0 Å². The van der Waals surface area contributed by atoms with Crippen LogP contribution in [-0.2, 0) is 5.33 Å². The molecule has 0 aliphatic carbocycles. The van der Waals surface area contributed by atoms with Crippen molar-refractivity contribution in [2.75, 3.05) is 0 Å². The molecule has 0 fully saturated rings. The Morgan fingerprint density at radius 3 is 2.18 bits per heavy atom. The molecular formula is C14H17BrN2. The zero-order chi connectivity index (χ0) is 12.6. The van der Waals surface area contributed by atoms with Gasteiger partial charge in [0.2, 0.25) is 0 Å². The summed E-state index contributed by atoms with van der Waals surface area (Å²) in [5, 5.41) is 5.34. The molecule has 1 aromatic carbocycles. The average molecular weight is 293 g/mol. The van der Waals surface area contributed by atoms with E-state index in [0.717, 1.165) is 5.33 Å². The van der Waals surface area contributed by atoms with Crippen LogP contribution in [0.25, 0.3) is 5.69 Å². The minimum absolute atomic E-state index is 0.850. The van der Waals surface area contributed by atoms with Gasteiger partial charge < -0.3 is 0 Å². The second-order valence-electron chi connectivity index (χ2n) is 4.55. The maximum atomic E-state index is 4.49. The summed E-state index contributed by atoms with van der Waals surface area (Å²) in [6.07, 6.45) is 1.93. The predicted molar refractivity (Wildman–Crippen MR) is 75.1 cm³/mol. The molecule has 0 radical (unpaired) electrons. The third-order valence-electron chi connectivity index (χ3n) is 3.10. The predicted octanol–water partition coefficient (Wildman–Crippen LogP) is 4.00. The van der Waals surface area contributed by atoms with Crippen LogP contribution in [0.15, 0.2) is 18.3 Å². The normalized spacial score (nSPS) is 10.9. The molecule has 17 heavy (non-hydrogen) atoms. The molecule has 0 unspecified atom stereocenters. The van der Waals surface area contributed by atoms with E-state index in [1.54, 1.807) is 0 Å². The Balaban J connectivity index is 2.64. The largest absolute Gasteiger partial charge is 0.237 e. The smallest absolute Gasteiger partial charge is 0.0707 e. The third-order valence-corrected chi connectivity index (χ3v) is 3.71. The number of aryl methyl sites for hydroxylation is 3. The van der Waals surface area contributed by atoms with Gasteiger partial charge in [-0.05, 0) is 38.8 Å². The van der Waals surface area contributed by atoms with Crippen molar-refractivity contribution in [3.05, 3.63) is 46.3 Å². The van der Waals surface area contributed by atoms with Crippen LogP contribution in [0.1, 0.15) is 27.9 Å². The van der Waals surface area contributed by atoms with E-state index >= 15 is 0 Å². The van der Waals surface area contributed by atoms with Crippen molar-refractivity contribution < 1.29 is 0 Å². The molecule has 0 atom stereocenters. The minimum Gasteiger partial charge on any atom is -0.237 e. The van der Waals surface area contributed by atoms with E-state index in [1.165, 1.54) is 33.6 Å². The second-order valence-corrected chi connectivity index (χ2v) is 5.11. The Bertz CT molecular complexity index is 532. The van der Waals surface area contributed by atoms with Gasteiger partial charge in [0, 0.05) is 16.6 Å². The lowest BCUT2D eigenvalue weighted by Crippen LogP contribution is -2.04. The lowest BCUT2D eigenvalue weighted by molar-refractivity contribution is 0.831. The first kappa shape index (κ1) is 12.4. The number of hydrogen-bond donors (Lipinski definition) is 0. The van der Waals surface area contributed by atoms with E-state index in [1.807, 2.05) is 10.9 Å². The Kier molecular flexibility index (Phi) is 3.38. The van der Waals surface area contributed by atoms with Crippen molar-refractivity contribution in [2.45, 2.75) is 33.0 Å². The quantitative estimate of drug-likeness (QED) is 0.765. The zero-order valence-electron chi connectivity index (χ0n) is 10.7. The van der Waals surface area contributed by atoms with E-state index in [0.29, 0.717) is 0 Å². The van der Waals surface area contributed by atoms with Crippen molar-refractivity contribution >= 4 is 15.9 Å². The lowest BCUT2D eigenvalue weighted by Gasteiger charge is -2.13. The van der Waals surface area contributed by atoms with E-state index in [9.17, 15) is 0 Å². The van der Waals surface area contributed by atoms with Gasteiger partial charge in [-0.1, -0.05) is 33.6 Å². The van der Waals surface area contributed by atoms with Crippen molar-refractivity contribution in [3.8, 4) is 5.69 Å². The molecule has 2 nitrogen and oxygen atoms in total. The Labute approximate surface area is 111 Å². The molecule has 0 N–H and O–H groups in total. The lowest BCUT2D eigenvalue weighted by atomic mass is 10.1. The van der Waals surface area contributed by atoms with Crippen molar-refractivity contribution in [1.82, 2.24) is 9.78 Å². The molecular weight excluding hydrogens is 276 g/mol. The van der Waals surface area contributed by atoms with Crippen molar-refractivity contribution in [3.63, 3.8) is 0 Å². The fourth-order valence-electron chi connectivity index (χ4n) is 2.31. The zero-order valence-corrected chi connectivity index (χ0v) is 12.3. The summed E-state index contributed by atoms with van der Waals surface area (Å²) in [4.78, 5) is 0. The number of hydrogen-bond acceptors (Lipinski definition) is 1. The van der Waals surface area contributed by atoms with Crippen LogP contribution in [-0.4, -0.2) is 9.78 Å². The summed E-state index contributed by atoms with van der Waals surface area (Å²) in [6, 6.07) is 4.41. The first-order chi connectivity index (χ1) is 8.04. The van der Waals surface area contributed by atoms with E-state index in [2.05, 4.69) is 60.9 Å². The number of aromatic nitrogens is 2. The number of alkyl halides is 1. The highest BCUT2D eigenvalue weighted by Crippen LogP contribution is 2.23. The van der Waals surface area contributed by atoms with Gasteiger partial charge in [-0.3, -0.25) is 0 Å². The topological polar surface area (TPSA) is 17.8 Å². The summed E-state index contributed by atoms with van der Waals surface area (Å²) < 4.78 is 2.04. The third kappa shape index (κ3) is 2.16. The monoisotopic (exact) mass is 292 g/mol. The number of benzene rings is 1. The molecule has 3 heteroatoms. The Hall–Kier alpha value is -1.09. The molecule has 2 aromatic rings. The standard InChI is InChI=1S/C14H17BrN2/c1-9-5-10(2)14(11(3)6-9)17-12(4)13(7-15)8-16-17/h5-6,8H,7H2,1-4H3. The van der Waals surface area contributed by atoms with Gasteiger partial charge in [0.05, 0.1) is 11.9 Å². The Morgan fingerprint density at radius 2 is 1.71 bits per heavy atom. The van der Waals surface area contributed by atoms with Gasteiger partial charge >= 0.3 is 0 Å². The molecule has 0 spiro atoms. The maximum Gasteiger partial charge on any atom is 0.0707 e. The van der Waals surface area contributed by atoms with Gasteiger partial charge in [-0.25, -0.2) is 4.68 Å². The van der Waals surface area contributed by atoms with E-state index in [-0.39, 0.29) is 0 Å². The fraction of sp³-hybridized carbons (Fsp3) is 0.357. The SMILES string of the molecule is Cc1cc(C)c(-n2ncc(CBr)c2C)c(C)c1. The summed E-state index contributed by atoms with van der Waals surface area (Å²) in [5.41, 5.74) is 7.50. The summed E-state index contributed by atoms with van der Waals surface area (Å²) >= 11 is 3.49. The Morgan fingerprint density at radius 1 is 1.12 bits per heavy atom. The summed E-state index contributed by atoms with van der Waals surface area (Å²) in [6.45, 7) is 8.53. The van der Waals surface area contributed by atoms with Crippen molar-refractivity contribution in [2.24, 2.45) is 0 Å². The summed E-state index contributed by atoms with van der Waals surface area (Å²) in [5.74, 6) is 0. The molecule has 0 amide bonds. The molecule has 0 saturated carbocycles. The van der Waals surface area contributed by atoms with Crippen LogP contribution < -0.4 is 0 Å². The number of nitrogens with zero attached hydrogens (tertiary/aromatic N) is 2. The highest BCUT2D eigenvalue weighted by molar-refractivity contribution is 9.08. The molecule has 90 valence electrons. The van der Waals surface area contributed by atoms with Crippen LogP contribution >= 0.6 is 15.9 Å². The van der Waals surface area contributed by atoms with Gasteiger partial charge in [0.25, 0.3) is 0 Å². The van der Waals surface area contributed by atoms with Crippen LogP contribution in [0.4, 0.5) is 0 Å². The van der Waals surface area contributed by atoms with Gasteiger partial charge in [-0.2, -0.15) is 5.10 Å². The minimum atomic E-state index is 0.850. The molecule has 0 bridgehead atoms. The summed E-state index contributed by atoms with van der Waals surface area (Å²) in [7, 11) is 0. The number of halogens is 1. The molecule has 2 rings (SSSR count). The first-order valence-corrected chi connectivity index (χ1v) is 6.84. The van der Waals surface area contributed by atoms with Gasteiger partial charge in [-0.15, -0.1) is 0 Å². The molecule has 0 aliphatic heterocycles. The molecule has 0 aliphatic rings. The van der Waals surface area contributed by atoms with Crippen LogP contribution in [0.2, 0.25) is 0 Å². The average Bonchev–Trinajstić information content (AvgIpc) is 2.59. The van der Waals surface area contributed by atoms with Crippen LogP contribution in [0, 0.1) is 27.7 Å². The first-order valence-electron chi connectivity index (χ1n) is 5.72. The van der Waals surface area contributed by atoms with Crippen molar-refractivity contribution in [1.29, 1.82) is 0 Å². The molecule has 1 heterocycles. The van der Waals surface area contributed by atoms with Crippen LogP contribution in [0.5, 0.6) is 0 Å². The van der Waals surface area contributed by atoms with E-state index in [4.69, 9.17) is 0 Å². The highest BCUT2D eigenvalue weighted by Gasteiger charge is 2.11. The van der Waals surface area contributed by atoms with Crippen LogP contribution in [0.3, 0.4) is 0 Å². The highest BCUT2D eigenvalue weighted by atomic mass is 79.9. The maximum absolute atomic E-state index is 4.49. The van der Waals surface area contributed by atoms with Gasteiger partial charge in [0.15, 0.2) is 0 Å². The molecule has 1 aromatic heterocycles. The molecule has 0 saturated heterocycles. The van der Waals surface area contributed by atoms with E-state index < -0.39 is 0 Å². The fourth-order valence-corrected chi connectivity index (χ4v) is 2.86.